The van der Waals surface area contributed by atoms with Gasteiger partial charge in [0.15, 0.2) is 0 Å². The van der Waals surface area contributed by atoms with Crippen LogP contribution in [0.2, 0.25) is 0 Å². The summed E-state index contributed by atoms with van der Waals surface area (Å²) in [5, 5.41) is 7.05. The summed E-state index contributed by atoms with van der Waals surface area (Å²) in [6, 6.07) is 6.84. The molecule has 1 N–H and O–H groups in total. The summed E-state index contributed by atoms with van der Waals surface area (Å²) >= 11 is 0. The van der Waals surface area contributed by atoms with E-state index in [2.05, 4.69) is 10.4 Å². The Morgan fingerprint density at radius 2 is 2.04 bits per heavy atom. The molecule has 0 spiro atoms. The van der Waals surface area contributed by atoms with Crippen LogP contribution in [0.1, 0.15) is 29.0 Å². The maximum absolute atomic E-state index is 12.3. The SMILES string of the molecule is COCn1ccc(C(=O)NC(C)c2cc(OC)ccc2OC)n1. The zero-order valence-corrected chi connectivity index (χ0v) is 13.7. The molecular formula is C16H21N3O4. The summed E-state index contributed by atoms with van der Waals surface area (Å²) in [5.41, 5.74) is 1.16. The second-order valence-electron chi connectivity index (χ2n) is 4.96. The van der Waals surface area contributed by atoms with E-state index in [-0.39, 0.29) is 11.9 Å². The number of rotatable bonds is 7. The third-order valence-corrected chi connectivity index (χ3v) is 3.39. The highest BCUT2D eigenvalue weighted by molar-refractivity contribution is 5.92. The van der Waals surface area contributed by atoms with Gasteiger partial charge in [-0.1, -0.05) is 0 Å². The molecule has 0 aliphatic carbocycles. The van der Waals surface area contributed by atoms with Crippen molar-refractivity contribution in [2.24, 2.45) is 0 Å². The number of hydrogen-bond donors (Lipinski definition) is 1. The van der Waals surface area contributed by atoms with Gasteiger partial charge in [0.05, 0.1) is 20.3 Å². The summed E-state index contributed by atoms with van der Waals surface area (Å²) in [6.45, 7) is 2.17. The van der Waals surface area contributed by atoms with Gasteiger partial charge in [-0.2, -0.15) is 5.10 Å². The molecule has 7 nitrogen and oxygen atoms in total. The van der Waals surface area contributed by atoms with Gasteiger partial charge in [0.25, 0.3) is 5.91 Å². The van der Waals surface area contributed by atoms with Crippen LogP contribution in [-0.2, 0) is 11.5 Å². The van der Waals surface area contributed by atoms with Gasteiger partial charge in [-0.15, -0.1) is 0 Å². The average Bonchev–Trinajstić information content (AvgIpc) is 3.03. The smallest absolute Gasteiger partial charge is 0.272 e. The minimum atomic E-state index is -0.266. The summed E-state index contributed by atoms with van der Waals surface area (Å²) in [7, 11) is 4.75. The van der Waals surface area contributed by atoms with E-state index in [9.17, 15) is 4.79 Å². The third kappa shape index (κ3) is 4.01. The second-order valence-corrected chi connectivity index (χ2v) is 4.96. The maximum Gasteiger partial charge on any atom is 0.272 e. The van der Waals surface area contributed by atoms with Gasteiger partial charge >= 0.3 is 0 Å². The van der Waals surface area contributed by atoms with Crippen LogP contribution in [0, 0.1) is 0 Å². The molecule has 124 valence electrons. The van der Waals surface area contributed by atoms with Crippen LogP contribution in [-0.4, -0.2) is 37.0 Å². The molecular weight excluding hydrogens is 298 g/mol. The molecule has 0 saturated heterocycles. The predicted octanol–water partition coefficient (Wildman–Crippen LogP) is 2.00. The van der Waals surface area contributed by atoms with Gasteiger partial charge in [-0.3, -0.25) is 4.79 Å². The first-order valence-corrected chi connectivity index (χ1v) is 7.14. The second kappa shape index (κ2) is 7.64. The molecule has 0 fully saturated rings. The summed E-state index contributed by atoms with van der Waals surface area (Å²) in [4.78, 5) is 12.3. The highest BCUT2D eigenvalue weighted by Gasteiger charge is 2.17. The van der Waals surface area contributed by atoms with E-state index in [0.717, 1.165) is 5.56 Å². The quantitative estimate of drug-likeness (QED) is 0.845. The van der Waals surface area contributed by atoms with Gasteiger partial charge in [0.1, 0.15) is 23.9 Å². The van der Waals surface area contributed by atoms with Crippen molar-refractivity contribution in [3.05, 3.63) is 41.7 Å². The van der Waals surface area contributed by atoms with E-state index >= 15 is 0 Å². The van der Waals surface area contributed by atoms with Crippen molar-refractivity contribution in [1.29, 1.82) is 0 Å². The monoisotopic (exact) mass is 319 g/mol. The summed E-state index contributed by atoms with van der Waals surface area (Å²) in [5.74, 6) is 1.12. The average molecular weight is 319 g/mol. The first kappa shape index (κ1) is 16.8. The van der Waals surface area contributed by atoms with Crippen LogP contribution in [0.3, 0.4) is 0 Å². The maximum atomic E-state index is 12.3. The third-order valence-electron chi connectivity index (χ3n) is 3.39. The van der Waals surface area contributed by atoms with Crippen LogP contribution >= 0.6 is 0 Å². The van der Waals surface area contributed by atoms with Crippen molar-refractivity contribution in [3.63, 3.8) is 0 Å². The lowest BCUT2D eigenvalue weighted by Gasteiger charge is -2.17. The van der Waals surface area contributed by atoms with E-state index in [1.807, 2.05) is 25.1 Å². The van der Waals surface area contributed by atoms with Crippen molar-refractivity contribution in [2.75, 3.05) is 21.3 Å². The molecule has 0 aliphatic heterocycles. The molecule has 1 aromatic carbocycles. The lowest BCUT2D eigenvalue weighted by molar-refractivity contribution is 0.0926. The molecule has 0 aliphatic rings. The molecule has 2 rings (SSSR count). The van der Waals surface area contributed by atoms with Crippen LogP contribution in [0.4, 0.5) is 0 Å². The van der Waals surface area contributed by atoms with Crippen molar-refractivity contribution >= 4 is 5.91 Å². The summed E-state index contributed by atoms with van der Waals surface area (Å²) in [6.07, 6.45) is 1.69. The number of amides is 1. The van der Waals surface area contributed by atoms with Gasteiger partial charge < -0.3 is 19.5 Å². The number of nitrogens with one attached hydrogen (secondary N) is 1. The number of carbonyl (C=O) groups excluding carboxylic acids is 1. The number of hydrogen-bond acceptors (Lipinski definition) is 5. The van der Waals surface area contributed by atoms with Crippen molar-refractivity contribution in [1.82, 2.24) is 15.1 Å². The lowest BCUT2D eigenvalue weighted by Crippen LogP contribution is -2.27. The molecule has 1 aromatic heterocycles. The van der Waals surface area contributed by atoms with Crippen molar-refractivity contribution in [2.45, 2.75) is 19.7 Å². The van der Waals surface area contributed by atoms with Crippen LogP contribution < -0.4 is 14.8 Å². The number of ether oxygens (including phenoxy) is 3. The molecule has 0 saturated carbocycles. The van der Waals surface area contributed by atoms with Crippen molar-refractivity contribution in [3.8, 4) is 11.5 Å². The fourth-order valence-corrected chi connectivity index (χ4v) is 2.21. The van der Waals surface area contributed by atoms with E-state index in [4.69, 9.17) is 14.2 Å². The molecule has 1 amide bonds. The Hall–Kier alpha value is -2.54. The molecule has 7 heteroatoms. The van der Waals surface area contributed by atoms with Gasteiger partial charge in [-0.05, 0) is 31.2 Å². The van der Waals surface area contributed by atoms with E-state index in [1.54, 1.807) is 38.3 Å². The number of carbonyl (C=O) groups is 1. The van der Waals surface area contributed by atoms with Crippen molar-refractivity contribution < 1.29 is 19.0 Å². The normalized spacial score (nSPS) is 11.8. The Kier molecular flexibility index (Phi) is 5.59. The standard InChI is InChI=1S/C16H21N3O4/c1-11(13-9-12(22-3)5-6-15(13)23-4)17-16(20)14-7-8-19(18-14)10-21-2/h5-9,11H,10H2,1-4H3,(H,17,20). The molecule has 1 heterocycles. The van der Waals surface area contributed by atoms with E-state index in [0.29, 0.717) is 23.9 Å². The predicted molar refractivity (Wildman–Crippen MR) is 84.7 cm³/mol. The zero-order valence-electron chi connectivity index (χ0n) is 13.7. The van der Waals surface area contributed by atoms with Gasteiger partial charge in [0, 0.05) is 18.9 Å². The number of nitrogens with zero attached hydrogens (tertiary/aromatic N) is 2. The molecule has 2 aromatic rings. The Morgan fingerprint density at radius 1 is 1.26 bits per heavy atom. The summed E-state index contributed by atoms with van der Waals surface area (Å²) < 4.78 is 17.1. The van der Waals surface area contributed by atoms with Crippen LogP contribution in [0.25, 0.3) is 0 Å². The highest BCUT2D eigenvalue weighted by atomic mass is 16.5. The fourth-order valence-electron chi connectivity index (χ4n) is 2.21. The zero-order chi connectivity index (χ0) is 16.8. The fraction of sp³-hybridized carbons (Fsp3) is 0.375. The van der Waals surface area contributed by atoms with Gasteiger partial charge in [0.2, 0.25) is 0 Å². The van der Waals surface area contributed by atoms with Gasteiger partial charge in [-0.25, -0.2) is 4.68 Å². The first-order chi connectivity index (χ1) is 11.1. The Morgan fingerprint density at radius 3 is 2.70 bits per heavy atom. The van der Waals surface area contributed by atoms with E-state index in [1.165, 1.54) is 0 Å². The van der Waals surface area contributed by atoms with E-state index < -0.39 is 0 Å². The largest absolute Gasteiger partial charge is 0.497 e. The molecule has 0 bridgehead atoms. The molecule has 23 heavy (non-hydrogen) atoms. The number of methoxy groups -OCH3 is 3. The molecule has 1 atom stereocenters. The Labute approximate surface area is 135 Å². The molecule has 1 unspecified atom stereocenters. The Bertz CT molecular complexity index is 669. The highest BCUT2D eigenvalue weighted by Crippen LogP contribution is 2.29. The first-order valence-electron chi connectivity index (χ1n) is 7.14. The van der Waals surface area contributed by atoms with Crippen LogP contribution in [0.15, 0.2) is 30.5 Å². The number of aromatic nitrogens is 2. The topological polar surface area (TPSA) is 74.6 Å². The van der Waals surface area contributed by atoms with Crippen LogP contribution in [0.5, 0.6) is 11.5 Å². The molecule has 0 radical (unpaired) electrons. The lowest BCUT2D eigenvalue weighted by atomic mass is 10.1. The Balaban J connectivity index is 2.14. The number of benzene rings is 1. The minimum Gasteiger partial charge on any atom is -0.497 e. The minimum absolute atomic E-state index is 0.264.